The van der Waals surface area contributed by atoms with Gasteiger partial charge in [-0.15, -0.1) is 0 Å². The van der Waals surface area contributed by atoms with E-state index in [4.69, 9.17) is 5.11 Å². The fourth-order valence-corrected chi connectivity index (χ4v) is 2.43. The largest absolute Gasteiger partial charge is 0.481 e. The van der Waals surface area contributed by atoms with Crippen molar-refractivity contribution >= 4 is 5.97 Å². The molecular formula is C12H23NO2. The SMILES string of the molecule is CC(C)CC(CN1CC(C)(C)C1)C(=O)O. The lowest BCUT2D eigenvalue weighted by atomic mass is 9.83. The zero-order chi connectivity index (χ0) is 11.6. The predicted molar refractivity (Wildman–Crippen MR) is 60.8 cm³/mol. The lowest BCUT2D eigenvalue weighted by Gasteiger charge is -2.46. The molecule has 0 aromatic rings. The Morgan fingerprint density at radius 3 is 2.27 bits per heavy atom. The van der Waals surface area contributed by atoms with Gasteiger partial charge in [0, 0.05) is 19.6 Å². The lowest BCUT2D eigenvalue weighted by molar-refractivity contribution is -0.144. The summed E-state index contributed by atoms with van der Waals surface area (Å²) in [6.45, 7) is 11.4. The Morgan fingerprint density at radius 2 is 1.93 bits per heavy atom. The van der Waals surface area contributed by atoms with Crippen LogP contribution in [-0.2, 0) is 4.79 Å². The molecule has 88 valence electrons. The van der Waals surface area contributed by atoms with Gasteiger partial charge in [0.15, 0.2) is 0 Å². The quantitative estimate of drug-likeness (QED) is 0.760. The Balaban J connectivity index is 2.36. The van der Waals surface area contributed by atoms with Gasteiger partial charge in [-0.3, -0.25) is 4.79 Å². The molecule has 1 aliphatic heterocycles. The Bertz CT molecular complexity index is 228. The summed E-state index contributed by atoms with van der Waals surface area (Å²) in [6, 6.07) is 0. The number of carboxylic acid groups (broad SMARTS) is 1. The highest BCUT2D eigenvalue weighted by Crippen LogP contribution is 2.30. The first kappa shape index (κ1) is 12.5. The van der Waals surface area contributed by atoms with Gasteiger partial charge < -0.3 is 10.0 Å². The molecule has 3 heteroatoms. The number of nitrogens with zero attached hydrogens (tertiary/aromatic N) is 1. The van der Waals surface area contributed by atoms with Crippen molar-refractivity contribution in [2.45, 2.75) is 34.1 Å². The maximum atomic E-state index is 11.0. The molecule has 1 unspecified atom stereocenters. The summed E-state index contributed by atoms with van der Waals surface area (Å²) in [5.74, 6) is -0.380. The molecule has 0 saturated carbocycles. The molecule has 1 heterocycles. The standard InChI is InChI=1S/C12H23NO2/c1-9(2)5-10(11(14)15)6-13-7-12(3,4)8-13/h9-10H,5-8H2,1-4H3,(H,14,15). The Hall–Kier alpha value is -0.570. The molecule has 1 N–H and O–H groups in total. The van der Waals surface area contributed by atoms with Gasteiger partial charge in [-0.25, -0.2) is 0 Å². The summed E-state index contributed by atoms with van der Waals surface area (Å²) >= 11 is 0. The Kier molecular flexibility index (Phi) is 3.77. The smallest absolute Gasteiger partial charge is 0.307 e. The fraction of sp³-hybridized carbons (Fsp3) is 0.917. The van der Waals surface area contributed by atoms with Crippen molar-refractivity contribution in [2.24, 2.45) is 17.3 Å². The maximum Gasteiger partial charge on any atom is 0.307 e. The van der Waals surface area contributed by atoms with Gasteiger partial charge in [0.1, 0.15) is 0 Å². The molecule has 1 fully saturated rings. The fourth-order valence-electron chi connectivity index (χ4n) is 2.43. The van der Waals surface area contributed by atoms with E-state index in [0.29, 0.717) is 11.3 Å². The molecule has 1 aliphatic rings. The van der Waals surface area contributed by atoms with Crippen LogP contribution in [0.4, 0.5) is 0 Å². The molecule has 0 radical (unpaired) electrons. The van der Waals surface area contributed by atoms with Gasteiger partial charge in [0.05, 0.1) is 5.92 Å². The molecule has 0 amide bonds. The first-order valence-corrected chi connectivity index (χ1v) is 5.75. The molecule has 1 atom stereocenters. The van der Waals surface area contributed by atoms with Crippen molar-refractivity contribution < 1.29 is 9.90 Å². The van der Waals surface area contributed by atoms with E-state index in [1.807, 2.05) is 0 Å². The van der Waals surface area contributed by atoms with Crippen molar-refractivity contribution in [3.05, 3.63) is 0 Å². The van der Waals surface area contributed by atoms with Crippen molar-refractivity contribution in [3.8, 4) is 0 Å². The van der Waals surface area contributed by atoms with Gasteiger partial charge in [0.25, 0.3) is 0 Å². The minimum atomic E-state index is -0.645. The van der Waals surface area contributed by atoms with Crippen LogP contribution in [0.1, 0.15) is 34.1 Å². The molecule has 0 aromatic heterocycles. The van der Waals surface area contributed by atoms with Gasteiger partial charge in [-0.05, 0) is 17.8 Å². The molecule has 3 nitrogen and oxygen atoms in total. The van der Waals surface area contributed by atoms with Crippen LogP contribution in [0.2, 0.25) is 0 Å². The molecule has 0 aromatic carbocycles. The van der Waals surface area contributed by atoms with Crippen LogP contribution in [-0.4, -0.2) is 35.6 Å². The summed E-state index contributed by atoms with van der Waals surface area (Å²) in [7, 11) is 0. The van der Waals surface area contributed by atoms with E-state index >= 15 is 0 Å². The zero-order valence-electron chi connectivity index (χ0n) is 10.3. The minimum Gasteiger partial charge on any atom is -0.481 e. The van der Waals surface area contributed by atoms with Crippen molar-refractivity contribution in [2.75, 3.05) is 19.6 Å². The van der Waals surface area contributed by atoms with Crippen LogP contribution in [0, 0.1) is 17.3 Å². The summed E-state index contributed by atoms with van der Waals surface area (Å²) in [5, 5.41) is 9.09. The summed E-state index contributed by atoms with van der Waals surface area (Å²) in [5.41, 5.74) is 0.390. The van der Waals surface area contributed by atoms with Crippen LogP contribution < -0.4 is 0 Å². The van der Waals surface area contributed by atoms with E-state index in [9.17, 15) is 4.79 Å². The normalized spacial score (nSPS) is 22.5. The van der Waals surface area contributed by atoms with Gasteiger partial charge >= 0.3 is 5.97 Å². The molecule has 0 aliphatic carbocycles. The highest BCUT2D eigenvalue weighted by atomic mass is 16.4. The summed E-state index contributed by atoms with van der Waals surface area (Å²) < 4.78 is 0. The first-order chi connectivity index (χ1) is 6.80. The average molecular weight is 213 g/mol. The van der Waals surface area contributed by atoms with Gasteiger partial charge in [0.2, 0.25) is 0 Å². The summed E-state index contributed by atoms with van der Waals surface area (Å²) in [6.07, 6.45) is 0.784. The number of carbonyl (C=O) groups is 1. The third-order valence-electron chi connectivity index (χ3n) is 2.89. The van der Waals surface area contributed by atoms with E-state index in [0.717, 1.165) is 26.1 Å². The molecule has 15 heavy (non-hydrogen) atoms. The third-order valence-corrected chi connectivity index (χ3v) is 2.89. The van der Waals surface area contributed by atoms with E-state index in [1.54, 1.807) is 0 Å². The lowest BCUT2D eigenvalue weighted by Crippen LogP contribution is -2.54. The van der Waals surface area contributed by atoms with Crippen molar-refractivity contribution in [1.29, 1.82) is 0 Å². The van der Waals surface area contributed by atoms with Crippen LogP contribution in [0.25, 0.3) is 0 Å². The van der Waals surface area contributed by atoms with Gasteiger partial charge in [-0.2, -0.15) is 0 Å². The van der Waals surface area contributed by atoms with Crippen LogP contribution in [0.5, 0.6) is 0 Å². The average Bonchev–Trinajstić information content (AvgIpc) is 1.98. The predicted octanol–water partition coefficient (Wildman–Crippen LogP) is 2.08. The van der Waals surface area contributed by atoms with Crippen LogP contribution in [0.15, 0.2) is 0 Å². The number of aliphatic carboxylic acids is 1. The number of rotatable bonds is 5. The van der Waals surface area contributed by atoms with Gasteiger partial charge in [-0.1, -0.05) is 27.7 Å². The topological polar surface area (TPSA) is 40.5 Å². The Morgan fingerprint density at radius 1 is 1.40 bits per heavy atom. The van der Waals surface area contributed by atoms with E-state index in [1.165, 1.54) is 0 Å². The molecule has 0 spiro atoms. The highest BCUT2D eigenvalue weighted by molar-refractivity contribution is 5.70. The van der Waals surface area contributed by atoms with E-state index in [-0.39, 0.29) is 5.92 Å². The maximum absolute atomic E-state index is 11.0. The van der Waals surface area contributed by atoms with Crippen molar-refractivity contribution in [3.63, 3.8) is 0 Å². The number of hydrogen-bond donors (Lipinski definition) is 1. The second kappa shape index (κ2) is 4.52. The molecule has 0 bridgehead atoms. The summed E-state index contributed by atoms with van der Waals surface area (Å²) in [4.78, 5) is 13.3. The molecule has 1 rings (SSSR count). The number of likely N-dealkylation sites (tertiary alicyclic amines) is 1. The van der Waals surface area contributed by atoms with E-state index in [2.05, 4.69) is 32.6 Å². The minimum absolute atomic E-state index is 0.193. The second-order valence-corrected chi connectivity index (χ2v) is 6.00. The third kappa shape index (κ3) is 3.82. The monoisotopic (exact) mass is 213 g/mol. The first-order valence-electron chi connectivity index (χ1n) is 5.75. The molecule has 1 saturated heterocycles. The van der Waals surface area contributed by atoms with Crippen LogP contribution >= 0.6 is 0 Å². The van der Waals surface area contributed by atoms with Crippen molar-refractivity contribution in [1.82, 2.24) is 4.90 Å². The second-order valence-electron chi connectivity index (χ2n) is 6.00. The number of carboxylic acids is 1. The highest BCUT2D eigenvalue weighted by Gasteiger charge is 2.36. The Labute approximate surface area is 92.5 Å². The molecular weight excluding hydrogens is 190 g/mol. The van der Waals surface area contributed by atoms with E-state index < -0.39 is 5.97 Å². The number of hydrogen-bond acceptors (Lipinski definition) is 2. The van der Waals surface area contributed by atoms with Crippen LogP contribution in [0.3, 0.4) is 0 Å². The zero-order valence-corrected chi connectivity index (χ0v) is 10.3.